The summed E-state index contributed by atoms with van der Waals surface area (Å²) in [7, 11) is 1.70. The zero-order chi connectivity index (χ0) is 16.4. The monoisotopic (exact) mass is 314 g/mol. The molecule has 1 amide bonds. The van der Waals surface area contributed by atoms with Gasteiger partial charge in [0.15, 0.2) is 0 Å². The van der Waals surface area contributed by atoms with E-state index in [9.17, 15) is 9.59 Å². The molecule has 1 saturated heterocycles. The Kier molecular flexibility index (Phi) is 4.32. The number of likely N-dealkylation sites (tertiary alicyclic amines) is 1. The summed E-state index contributed by atoms with van der Waals surface area (Å²) in [5.41, 5.74) is 0.877. The molecule has 0 saturated carbocycles. The van der Waals surface area contributed by atoms with Crippen LogP contribution in [0.15, 0.2) is 35.4 Å². The third-order valence-electron chi connectivity index (χ3n) is 4.63. The van der Waals surface area contributed by atoms with Crippen molar-refractivity contribution >= 4 is 5.91 Å². The Morgan fingerprint density at radius 3 is 2.91 bits per heavy atom. The van der Waals surface area contributed by atoms with Crippen molar-refractivity contribution < 1.29 is 4.79 Å². The average Bonchev–Trinajstić information content (AvgIpc) is 3.06. The van der Waals surface area contributed by atoms with Crippen LogP contribution >= 0.6 is 0 Å². The minimum absolute atomic E-state index is 0.0853. The second-order valence-electron chi connectivity index (χ2n) is 6.13. The number of piperidine rings is 1. The molecule has 1 aliphatic rings. The topological polar surface area (TPSA) is 60.1 Å². The number of nitrogens with zero attached hydrogens (tertiary/aromatic N) is 4. The van der Waals surface area contributed by atoms with Crippen LogP contribution in [0.2, 0.25) is 0 Å². The van der Waals surface area contributed by atoms with Gasteiger partial charge in [0.05, 0.1) is 12.6 Å². The molecule has 0 spiro atoms. The zero-order valence-electron chi connectivity index (χ0n) is 13.6. The first-order valence-corrected chi connectivity index (χ1v) is 8.03. The summed E-state index contributed by atoms with van der Waals surface area (Å²) in [6.07, 6.45) is 6.67. The second-order valence-corrected chi connectivity index (χ2v) is 6.13. The van der Waals surface area contributed by atoms with Crippen LogP contribution in [0.25, 0.3) is 0 Å². The number of aromatic nitrogens is 3. The smallest absolute Gasteiger partial charge is 0.263 e. The molecule has 1 unspecified atom stereocenters. The van der Waals surface area contributed by atoms with E-state index in [4.69, 9.17) is 0 Å². The number of hydrogen-bond acceptors (Lipinski definition) is 3. The maximum absolute atomic E-state index is 12.9. The van der Waals surface area contributed by atoms with Crippen LogP contribution in [-0.4, -0.2) is 37.7 Å². The largest absolute Gasteiger partial charge is 0.334 e. The number of carbonyl (C=O) groups is 1. The molecule has 0 bridgehead atoms. The highest BCUT2D eigenvalue weighted by molar-refractivity contribution is 5.94. The molecule has 1 fully saturated rings. The summed E-state index contributed by atoms with van der Waals surface area (Å²) < 4.78 is 3.38. The average molecular weight is 314 g/mol. The van der Waals surface area contributed by atoms with Gasteiger partial charge in [0.1, 0.15) is 5.56 Å². The molecule has 0 radical (unpaired) electrons. The molecule has 2 aromatic heterocycles. The summed E-state index contributed by atoms with van der Waals surface area (Å²) in [6.45, 7) is 3.23. The highest BCUT2D eigenvalue weighted by Crippen LogP contribution is 2.20. The van der Waals surface area contributed by atoms with E-state index in [1.165, 1.54) is 4.57 Å². The lowest BCUT2D eigenvalue weighted by Gasteiger charge is -2.35. The van der Waals surface area contributed by atoms with Crippen molar-refractivity contribution in [2.24, 2.45) is 7.05 Å². The van der Waals surface area contributed by atoms with Gasteiger partial charge in [-0.2, -0.15) is 5.10 Å². The van der Waals surface area contributed by atoms with E-state index in [-0.39, 0.29) is 23.1 Å². The SMILES string of the molecule is Cc1ccc(C(=O)N2CCCCC2Cn2cccn2)c(=O)n1C. The number of pyridine rings is 1. The number of hydrogen-bond donors (Lipinski definition) is 0. The Balaban J connectivity index is 1.87. The molecule has 1 aliphatic heterocycles. The minimum Gasteiger partial charge on any atom is -0.334 e. The summed E-state index contributed by atoms with van der Waals surface area (Å²) >= 11 is 0. The molecule has 6 heteroatoms. The van der Waals surface area contributed by atoms with Gasteiger partial charge in [0, 0.05) is 31.7 Å². The Morgan fingerprint density at radius 1 is 1.35 bits per heavy atom. The minimum atomic E-state index is -0.224. The van der Waals surface area contributed by atoms with Crippen molar-refractivity contribution in [2.45, 2.75) is 38.8 Å². The second kappa shape index (κ2) is 6.40. The number of rotatable bonds is 3. The standard InChI is InChI=1S/C17H22N4O2/c1-13-7-8-15(16(22)19(13)2)17(23)21-11-4-3-6-14(21)12-20-10-5-9-18-20/h5,7-10,14H,3-4,6,11-12H2,1-2H3. The van der Waals surface area contributed by atoms with Gasteiger partial charge in [0.2, 0.25) is 0 Å². The van der Waals surface area contributed by atoms with E-state index in [2.05, 4.69) is 5.10 Å². The Labute approximate surface area is 135 Å². The molecule has 3 rings (SSSR count). The molecular formula is C17H22N4O2. The summed E-state index contributed by atoms with van der Waals surface area (Å²) in [6, 6.07) is 5.44. The normalized spacial score (nSPS) is 18.2. The highest BCUT2D eigenvalue weighted by atomic mass is 16.2. The lowest BCUT2D eigenvalue weighted by atomic mass is 10.0. The number of aryl methyl sites for hydroxylation is 1. The fourth-order valence-corrected chi connectivity index (χ4v) is 3.13. The Hall–Kier alpha value is -2.37. The van der Waals surface area contributed by atoms with Gasteiger partial charge >= 0.3 is 0 Å². The molecule has 0 aliphatic carbocycles. The van der Waals surface area contributed by atoms with Gasteiger partial charge in [-0.15, -0.1) is 0 Å². The predicted octanol–water partition coefficient (Wildman–Crippen LogP) is 1.59. The van der Waals surface area contributed by atoms with Crippen molar-refractivity contribution in [1.82, 2.24) is 19.2 Å². The van der Waals surface area contributed by atoms with Crippen LogP contribution in [0, 0.1) is 6.92 Å². The number of amides is 1. The van der Waals surface area contributed by atoms with Gasteiger partial charge in [-0.25, -0.2) is 0 Å². The van der Waals surface area contributed by atoms with E-state index >= 15 is 0 Å². The number of carbonyl (C=O) groups excluding carboxylic acids is 1. The van der Waals surface area contributed by atoms with Crippen molar-refractivity contribution in [2.75, 3.05) is 6.54 Å². The molecule has 0 aromatic carbocycles. The van der Waals surface area contributed by atoms with Crippen LogP contribution in [0.5, 0.6) is 0 Å². The van der Waals surface area contributed by atoms with E-state index in [0.717, 1.165) is 25.0 Å². The lowest BCUT2D eigenvalue weighted by molar-refractivity contribution is 0.0581. The van der Waals surface area contributed by atoms with Crippen molar-refractivity contribution in [3.8, 4) is 0 Å². The zero-order valence-corrected chi connectivity index (χ0v) is 13.6. The summed E-state index contributed by atoms with van der Waals surface area (Å²) in [4.78, 5) is 27.1. The molecule has 2 aromatic rings. The molecule has 0 N–H and O–H groups in total. The molecule has 122 valence electrons. The van der Waals surface area contributed by atoms with Gasteiger partial charge in [0.25, 0.3) is 11.5 Å². The summed E-state index contributed by atoms with van der Waals surface area (Å²) in [5.74, 6) is -0.164. The maximum Gasteiger partial charge on any atom is 0.263 e. The Morgan fingerprint density at radius 2 is 2.17 bits per heavy atom. The van der Waals surface area contributed by atoms with Crippen LogP contribution in [-0.2, 0) is 13.6 Å². The summed E-state index contributed by atoms with van der Waals surface area (Å²) in [5, 5.41) is 4.23. The quantitative estimate of drug-likeness (QED) is 0.864. The first-order valence-electron chi connectivity index (χ1n) is 8.03. The van der Waals surface area contributed by atoms with Gasteiger partial charge in [-0.1, -0.05) is 0 Å². The van der Waals surface area contributed by atoms with E-state index in [1.54, 1.807) is 19.3 Å². The van der Waals surface area contributed by atoms with E-state index in [0.29, 0.717) is 13.1 Å². The van der Waals surface area contributed by atoms with E-state index < -0.39 is 0 Å². The lowest BCUT2D eigenvalue weighted by Crippen LogP contribution is -2.47. The van der Waals surface area contributed by atoms with Crippen molar-refractivity contribution in [3.63, 3.8) is 0 Å². The molecular weight excluding hydrogens is 292 g/mol. The predicted molar refractivity (Wildman–Crippen MR) is 87.3 cm³/mol. The van der Waals surface area contributed by atoms with Crippen LogP contribution < -0.4 is 5.56 Å². The van der Waals surface area contributed by atoms with Crippen molar-refractivity contribution in [3.05, 3.63) is 52.2 Å². The Bertz CT molecular complexity index is 748. The third-order valence-corrected chi connectivity index (χ3v) is 4.63. The molecule has 1 atom stereocenters. The molecule has 6 nitrogen and oxygen atoms in total. The maximum atomic E-state index is 12.9. The van der Waals surface area contributed by atoms with Gasteiger partial charge in [-0.05, 0) is 44.4 Å². The van der Waals surface area contributed by atoms with Crippen molar-refractivity contribution in [1.29, 1.82) is 0 Å². The molecule has 23 heavy (non-hydrogen) atoms. The highest BCUT2D eigenvalue weighted by Gasteiger charge is 2.29. The molecule has 3 heterocycles. The van der Waals surface area contributed by atoms with Gasteiger partial charge < -0.3 is 9.47 Å². The fraction of sp³-hybridized carbons (Fsp3) is 0.471. The van der Waals surface area contributed by atoms with Crippen LogP contribution in [0.1, 0.15) is 35.3 Å². The van der Waals surface area contributed by atoms with Crippen LogP contribution in [0.4, 0.5) is 0 Å². The first-order chi connectivity index (χ1) is 11.1. The van der Waals surface area contributed by atoms with Gasteiger partial charge in [-0.3, -0.25) is 14.3 Å². The first kappa shape index (κ1) is 15.5. The van der Waals surface area contributed by atoms with E-state index in [1.807, 2.05) is 34.8 Å². The third kappa shape index (κ3) is 3.06. The van der Waals surface area contributed by atoms with Crippen LogP contribution in [0.3, 0.4) is 0 Å². The fourth-order valence-electron chi connectivity index (χ4n) is 3.13.